The first-order chi connectivity index (χ1) is 7.15. The van der Waals surface area contributed by atoms with E-state index in [1.165, 1.54) is 0 Å². The molecule has 0 atom stereocenters. The summed E-state index contributed by atoms with van der Waals surface area (Å²) in [6, 6.07) is 0.441. The minimum absolute atomic E-state index is 0.441. The summed E-state index contributed by atoms with van der Waals surface area (Å²) in [5.41, 5.74) is 1.05. The molecule has 0 bridgehead atoms. The molecule has 0 aliphatic rings. The van der Waals surface area contributed by atoms with Crippen molar-refractivity contribution in [2.45, 2.75) is 33.2 Å². The molecule has 4 nitrogen and oxygen atoms in total. The van der Waals surface area contributed by atoms with E-state index in [0.717, 1.165) is 31.2 Å². The molecule has 0 saturated carbocycles. The Morgan fingerprint density at radius 1 is 1.53 bits per heavy atom. The van der Waals surface area contributed by atoms with Crippen LogP contribution in [0.25, 0.3) is 0 Å². The van der Waals surface area contributed by atoms with Gasteiger partial charge in [0.25, 0.3) is 0 Å². The first-order valence-corrected chi connectivity index (χ1v) is 5.43. The molecule has 4 heteroatoms. The van der Waals surface area contributed by atoms with Crippen LogP contribution in [0, 0.1) is 6.92 Å². The Labute approximate surface area is 91.7 Å². The third-order valence-corrected chi connectivity index (χ3v) is 2.22. The summed E-state index contributed by atoms with van der Waals surface area (Å²) >= 11 is 0. The molecule has 15 heavy (non-hydrogen) atoms. The maximum Gasteiger partial charge on any atom is 0.203 e. The number of aromatic nitrogens is 2. The molecule has 0 radical (unpaired) electrons. The molecular weight excluding hydrogens is 190 g/mol. The van der Waals surface area contributed by atoms with Crippen LogP contribution in [0.5, 0.6) is 0 Å². The molecule has 1 N–H and O–H groups in total. The molecule has 1 heterocycles. The number of hydrogen-bond acceptors (Lipinski definition) is 3. The molecule has 0 saturated heterocycles. The van der Waals surface area contributed by atoms with E-state index in [4.69, 9.17) is 4.74 Å². The largest absolute Gasteiger partial charge is 0.385 e. The number of anilines is 1. The maximum absolute atomic E-state index is 5.00. The van der Waals surface area contributed by atoms with E-state index in [1.807, 2.05) is 6.92 Å². The van der Waals surface area contributed by atoms with E-state index in [1.54, 1.807) is 7.11 Å². The maximum atomic E-state index is 5.00. The molecule has 0 unspecified atom stereocenters. The van der Waals surface area contributed by atoms with Crippen LogP contribution in [0.1, 0.15) is 32.0 Å². The highest BCUT2D eigenvalue weighted by molar-refractivity contribution is 5.29. The fourth-order valence-electron chi connectivity index (χ4n) is 1.46. The minimum Gasteiger partial charge on any atom is -0.385 e. The highest BCUT2D eigenvalue weighted by atomic mass is 16.5. The highest BCUT2D eigenvalue weighted by Crippen LogP contribution is 2.14. The molecule has 0 aliphatic heterocycles. The summed E-state index contributed by atoms with van der Waals surface area (Å²) in [7, 11) is 1.72. The van der Waals surface area contributed by atoms with Crippen molar-refractivity contribution in [3.05, 3.63) is 11.9 Å². The molecule has 1 aromatic heterocycles. The average Bonchev–Trinajstić information content (AvgIpc) is 2.55. The van der Waals surface area contributed by atoms with Gasteiger partial charge >= 0.3 is 0 Å². The first-order valence-electron chi connectivity index (χ1n) is 5.43. The number of rotatable bonds is 6. The molecule has 0 spiro atoms. The van der Waals surface area contributed by atoms with Gasteiger partial charge in [-0.05, 0) is 27.2 Å². The zero-order valence-corrected chi connectivity index (χ0v) is 10.1. The van der Waals surface area contributed by atoms with E-state index in [2.05, 4.69) is 34.9 Å². The van der Waals surface area contributed by atoms with Gasteiger partial charge in [0.05, 0.1) is 5.69 Å². The van der Waals surface area contributed by atoms with Crippen LogP contribution >= 0.6 is 0 Å². The SMILES string of the molecule is COCCCNc1nc(C)cn1C(C)C. The van der Waals surface area contributed by atoms with Crippen molar-refractivity contribution >= 4 is 5.95 Å². The summed E-state index contributed by atoms with van der Waals surface area (Å²) < 4.78 is 7.15. The molecule has 0 aromatic carbocycles. The van der Waals surface area contributed by atoms with Crippen molar-refractivity contribution in [3.8, 4) is 0 Å². The van der Waals surface area contributed by atoms with E-state index in [-0.39, 0.29) is 0 Å². The second-order valence-electron chi connectivity index (χ2n) is 3.98. The summed E-state index contributed by atoms with van der Waals surface area (Å²) in [4.78, 5) is 4.44. The quantitative estimate of drug-likeness (QED) is 0.733. The van der Waals surface area contributed by atoms with E-state index < -0.39 is 0 Å². The minimum atomic E-state index is 0.441. The van der Waals surface area contributed by atoms with Gasteiger partial charge in [0, 0.05) is 32.5 Å². The van der Waals surface area contributed by atoms with Gasteiger partial charge in [0.15, 0.2) is 0 Å². The topological polar surface area (TPSA) is 39.1 Å². The third kappa shape index (κ3) is 3.55. The number of aryl methyl sites for hydroxylation is 1. The standard InChI is InChI=1S/C11H21N3O/c1-9(2)14-8-10(3)13-11(14)12-6-5-7-15-4/h8-9H,5-7H2,1-4H3,(H,12,13). The molecule has 0 fully saturated rings. The average molecular weight is 211 g/mol. The number of nitrogens with one attached hydrogen (secondary N) is 1. The van der Waals surface area contributed by atoms with Gasteiger partial charge in [0.1, 0.15) is 0 Å². The lowest BCUT2D eigenvalue weighted by Gasteiger charge is -2.12. The Morgan fingerprint density at radius 2 is 2.27 bits per heavy atom. The second-order valence-corrected chi connectivity index (χ2v) is 3.98. The monoisotopic (exact) mass is 211 g/mol. The lowest BCUT2D eigenvalue weighted by atomic mass is 10.4. The van der Waals surface area contributed by atoms with Crippen LogP contribution < -0.4 is 5.32 Å². The van der Waals surface area contributed by atoms with Gasteiger partial charge in [-0.25, -0.2) is 4.98 Å². The normalized spacial score (nSPS) is 11.0. The molecule has 0 aliphatic carbocycles. The Bertz CT molecular complexity index is 294. The zero-order valence-electron chi connectivity index (χ0n) is 10.1. The summed E-state index contributed by atoms with van der Waals surface area (Å²) in [6.45, 7) is 8.01. The van der Waals surface area contributed by atoms with Gasteiger partial charge in [-0.2, -0.15) is 0 Å². The molecule has 1 aromatic rings. The fourth-order valence-corrected chi connectivity index (χ4v) is 1.46. The van der Waals surface area contributed by atoms with Crippen LogP contribution in [0.4, 0.5) is 5.95 Å². The van der Waals surface area contributed by atoms with Crippen LogP contribution in [0.15, 0.2) is 6.20 Å². The number of hydrogen-bond donors (Lipinski definition) is 1. The van der Waals surface area contributed by atoms with E-state index >= 15 is 0 Å². The van der Waals surface area contributed by atoms with Crippen molar-refractivity contribution in [2.75, 3.05) is 25.6 Å². The van der Waals surface area contributed by atoms with Crippen LogP contribution in [-0.2, 0) is 4.74 Å². The van der Waals surface area contributed by atoms with Crippen molar-refractivity contribution in [1.82, 2.24) is 9.55 Å². The predicted molar refractivity (Wildman–Crippen MR) is 62.3 cm³/mol. The Kier molecular flexibility index (Phi) is 4.62. The van der Waals surface area contributed by atoms with E-state index in [0.29, 0.717) is 6.04 Å². The van der Waals surface area contributed by atoms with Gasteiger partial charge in [-0.1, -0.05) is 0 Å². The van der Waals surface area contributed by atoms with Crippen molar-refractivity contribution < 1.29 is 4.74 Å². The van der Waals surface area contributed by atoms with Gasteiger partial charge in [-0.15, -0.1) is 0 Å². The lowest BCUT2D eigenvalue weighted by Crippen LogP contribution is -2.11. The van der Waals surface area contributed by atoms with Crippen molar-refractivity contribution in [1.29, 1.82) is 0 Å². The van der Waals surface area contributed by atoms with E-state index in [9.17, 15) is 0 Å². The first kappa shape index (κ1) is 12.0. The third-order valence-electron chi connectivity index (χ3n) is 2.22. The van der Waals surface area contributed by atoms with Gasteiger partial charge in [-0.3, -0.25) is 0 Å². The zero-order chi connectivity index (χ0) is 11.3. The summed E-state index contributed by atoms with van der Waals surface area (Å²) in [5, 5.41) is 3.32. The second kappa shape index (κ2) is 5.75. The Balaban J connectivity index is 2.52. The number of imidazole rings is 1. The molecular formula is C11H21N3O. The Morgan fingerprint density at radius 3 is 2.87 bits per heavy atom. The summed E-state index contributed by atoms with van der Waals surface area (Å²) in [6.07, 6.45) is 3.07. The predicted octanol–water partition coefficient (Wildman–Crippen LogP) is 2.22. The van der Waals surface area contributed by atoms with Crippen molar-refractivity contribution in [2.24, 2.45) is 0 Å². The lowest BCUT2D eigenvalue weighted by molar-refractivity contribution is 0.197. The number of methoxy groups -OCH3 is 1. The molecule has 1 rings (SSSR count). The number of nitrogens with zero attached hydrogens (tertiary/aromatic N) is 2. The molecule has 0 amide bonds. The summed E-state index contributed by atoms with van der Waals surface area (Å²) in [5.74, 6) is 0.957. The van der Waals surface area contributed by atoms with Gasteiger partial charge < -0.3 is 14.6 Å². The van der Waals surface area contributed by atoms with Crippen LogP contribution in [0.3, 0.4) is 0 Å². The number of ether oxygens (including phenoxy) is 1. The fraction of sp³-hybridized carbons (Fsp3) is 0.727. The molecule has 86 valence electrons. The van der Waals surface area contributed by atoms with Crippen molar-refractivity contribution in [3.63, 3.8) is 0 Å². The highest BCUT2D eigenvalue weighted by Gasteiger charge is 2.07. The van der Waals surface area contributed by atoms with Crippen LogP contribution in [-0.4, -0.2) is 29.8 Å². The smallest absolute Gasteiger partial charge is 0.203 e. The Hall–Kier alpha value is -1.03. The van der Waals surface area contributed by atoms with Gasteiger partial charge in [0.2, 0.25) is 5.95 Å². The van der Waals surface area contributed by atoms with Crippen LogP contribution in [0.2, 0.25) is 0 Å².